The van der Waals surface area contributed by atoms with Gasteiger partial charge in [0.05, 0.1) is 6.10 Å². The molecule has 3 atom stereocenters. The molecule has 1 heterocycles. The number of hydrogen-bond donors (Lipinski definition) is 0. The molecule has 0 aromatic heterocycles. The summed E-state index contributed by atoms with van der Waals surface area (Å²) in [5.41, 5.74) is 0. The van der Waals surface area contributed by atoms with Crippen LogP contribution >= 0.6 is 11.6 Å². The average molecular weight is 189 g/mol. The number of halogens is 1. The van der Waals surface area contributed by atoms with Crippen molar-refractivity contribution in [3.63, 3.8) is 0 Å². The molecule has 1 saturated heterocycles. The zero-order valence-corrected chi connectivity index (χ0v) is 7.72. The minimum Gasteiger partial charge on any atom is -0.366 e. The van der Waals surface area contributed by atoms with E-state index in [9.17, 15) is 4.79 Å². The largest absolute Gasteiger partial charge is 0.366 e. The molecule has 0 bridgehead atoms. The topological polar surface area (TPSA) is 26.3 Å². The molecule has 1 aliphatic carbocycles. The Hall–Kier alpha value is -0.0800. The molecule has 2 nitrogen and oxygen atoms in total. The van der Waals surface area contributed by atoms with Gasteiger partial charge in [0.15, 0.2) is 0 Å². The minimum absolute atomic E-state index is 0.306. The molecule has 0 aromatic carbocycles. The molecule has 1 aliphatic heterocycles. The van der Waals surface area contributed by atoms with Crippen LogP contribution in [-0.4, -0.2) is 17.5 Å². The number of hydrogen-bond acceptors (Lipinski definition) is 2. The molecule has 2 fully saturated rings. The van der Waals surface area contributed by atoms with Crippen molar-refractivity contribution in [3.8, 4) is 0 Å². The number of ether oxygens (including phenoxy) is 1. The van der Waals surface area contributed by atoms with Crippen LogP contribution < -0.4 is 0 Å². The second-order valence-electron chi connectivity index (χ2n) is 3.75. The lowest BCUT2D eigenvalue weighted by Crippen LogP contribution is -2.20. The van der Waals surface area contributed by atoms with Crippen LogP contribution in [0.25, 0.3) is 0 Å². The first-order valence-corrected chi connectivity index (χ1v) is 5.00. The molecule has 0 amide bonds. The first kappa shape index (κ1) is 8.52. The van der Waals surface area contributed by atoms with Crippen LogP contribution in [0.3, 0.4) is 0 Å². The smallest absolute Gasteiger partial charge is 0.250 e. The average Bonchev–Trinajstić information content (AvgIpc) is 2.46. The van der Waals surface area contributed by atoms with Gasteiger partial charge in [0.2, 0.25) is 0 Å². The second kappa shape index (κ2) is 3.35. The fourth-order valence-corrected chi connectivity index (χ4v) is 2.45. The molecule has 12 heavy (non-hydrogen) atoms. The van der Waals surface area contributed by atoms with E-state index in [1.807, 2.05) is 0 Å². The molecule has 2 aliphatic rings. The molecule has 3 heteroatoms. The minimum atomic E-state index is -0.315. The summed E-state index contributed by atoms with van der Waals surface area (Å²) < 4.78 is 5.55. The van der Waals surface area contributed by atoms with Crippen molar-refractivity contribution in [3.05, 3.63) is 0 Å². The van der Waals surface area contributed by atoms with Crippen LogP contribution in [0.4, 0.5) is 0 Å². The van der Waals surface area contributed by atoms with Gasteiger partial charge >= 0.3 is 0 Å². The van der Waals surface area contributed by atoms with Crippen molar-refractivity contribution in [1.82, 2.24) is 0 Å². The molecule has 3 unspecified atom stereocenters. The van der Waals surface area contributed by atoms with Crippen LogP contribution in [0.5, 0.6) is 0 Å². The van der Waals surface area contributed by atoms with Gasteiger partial charge in [-0.15, -0.1) is 0 Å². The van der Waals surface area contributed by atoms with Crippen molar-refractivity contribution >= 4 is 16.8 Å². The highest BCUT2D eigenvalue weighted by Crippen LogP contribution is 2.37. The third kappa shape index (κ3) is 1.50. The SMILES string of the molecule is O=C(Cl)C1CC2CCCCC2O1. The third-order valence-electron chi connectivity index (χ3n) is 2.95. The van der Waals surface area contributed by atoms with E-state index in [0.717, 1.165) is 12.8 Å². The van der Waals surface area contributed by atoms with Crippen molar-refractivity contribution in [1.29, 1.82) is 0 Å². The van der Waals surface area contributed by atoms with E-state index in [2.05, 4.69) is 0 Å². The molecule has 68 valence electrons. The molecule has 0 radical (unpaired) electrons. The Morgan fingerprint density at radius 3 is 2.75 bits per heavy atom. The Morgan fingerprint density at radius 1 is 1.33 bits per heavy atom. The van der Waals surface area contributed by atoms with Gasteiger partial charge in [0.1, 0.15) is 6.10 Å². The van der Waals surface area contributed by atoms with Gasteiger partial charge in [-0.05, 0) is 36.8 Å². The van der Waals surface area contributed by atoms with E-state index >= 15 is 0 Å². The van der Waals surface area contributed by atoms with Crippen molar-refractivity contribution in [2.24, 2.45) is 5.92 Å². The van der Waals surface area contributed by atoms with Crippen LogP contribution in [0.15, 0.2) is 0 Å². The normalized spacial score (nSPS) is 40.9. The summed E-state index contributed by atoms with van der Waals surface area (Å²) in [5.74, 6) is 0.603. The molecule has 0 N–H and O–H groups in total. The molecule has 1 saturated carbocycles. The highest BCUT2D eigenvalue weighted by Gasteiger charge is 2.38. The second-order valence-corrected chi connectivity index (χ2v) is 4.12. The van der Waals surface area contributed by atoms with Crippen molar-refractivity contribution < 1.29 is 9.53 Å². The monoisotopic (exact) mass is 188 g/mol. The van der Waals surface area contributed by atoms with Gasteiger partial charge in [0.25, 0.3) is 5.24 Å². The van der Waals surface area contributed by atoms with Crippen LogP contribution in [0, 0.1) is 5.92 Å². The Labute approximate surface area is 77.2 Å². The third-order valence-corrected chi connectivity index (χ3v) is 3.19. The maximum absolute atomic E-state index is 10.8. The van der Waals surface area contributed by atoms with Gasteiger partial charge in [0, 0.05) is 0 Å². The lowest BCUT2D eigenvalue weighted by Gasteiger charge is -2.22. The molecule has 0 aromatic rings. The zero-order chi connectivity index (χ0) is 8.55. The lowest BCUT2D eigenvalue weighted by molar-refractivity contribution is -0.122. The summed E-state index contributed by atoms with van der Waals surface area (Å²) in [6, 6.07) is 0. The van der Waals surface area contributed by atoms with Gasteiger partial charge < -0.3 is 4.74 Å². The summed E-state index contributed by atoms with van der Waals surface area (Å²) in [6.07, 6.45) is 5.73. The van der Waals surface area contributed by atoms with Gasteiger partial charge in [-0.3, -0.25) is 4.79 Å². The fourth-order valence-electron chi connectivity index (χ4n) is 2.31. The quantitative estimate of drug-likeness (QED) is 0.590. The Morgan fingerprint density at radius 2 is 2.08 bits per heavy atom. The van der Waals surface area contributed by atoms with E-state index in [1.165, 1.54) is 19.3 Å². The van der Waals surface area contributed by atoms with E-state index in [0.29, 0.717) is 12.0 Å². The summed E-state index contributed by atoms with van der Waals surface area (Å²) in [7, 11) is 0. The fraction of sp³-hybridized carbons (Fsp3) is 0.889. The first-order valence-electron chi connectivity index (χ1n) is 4.62. The Balaban J connectivity index is 1.98. The van der Waals surface area contributed by atoms with Crippen molar-refractivity contribution in [2.75, 3.05) is 0 Å². The number of rotatable bonds is 1. The maximum Gasteiger partial charge on any atom is 0.250 e. The van der Waals surface area contributed by atoms with E-state index in [1.54, 1.807) is 0 Å². The summed E-state index contributed by atoms with van der Waals surface area (Å²) in [6.45, 7) is 0. The van der Waals surface area contributed by atoms with Gasteiger partial charge in [-0.25, -0.2) is 0 Å². The van der Waals surface area contributed by atoms with Gasteiger partial charge in [-0.2, -0.15) is 0 Å². The van der Waals surface area contributed by atoms with E-state index in [4.69, 9.17) is 16.3 Å². The summed E-state index contributed by atoms with van der Waals surface area (Å²) >= 11 is 5.39. The van der Waals surface area contributed by atoms with Crippen molar-refractivity contribution in [2.45, 2.75) is 44.3 Å². The lowest BCUT2D eigenvalue weighted by atomic mass is 9.85. The maximum atomic E-state index is 10.8. The van der Waals surface area contributed by atoms with Crippen LogP contribution in [-0.2, 0) is 9.53 Å². The number of carbonyl (C=O) groups excluding carboxylic acids is 1. The standard InChI is InChI=1S/C9H13ClO2/c10-9(11)8-5-6-3-1-2-4-7(6)12-8/h6-8H,1-5H2. The van der Waals surface area contributed by atoms with Gasteiger partial charge in [-0.1, -0.05) is 12.8 Å². The van der Waals surface area contributed by atoms with Crippen LogP contribution in [0.1, 0.15) is 32.1 Å². The molecule has 0 spiro atoms. The predicted octanol–water partition coefficient (Wildman–Crippen LogP) is 2.10. The molecular weight excluding hydrogens is 176 g/mol. The summed E-state index contributed by atoms with van der Waals surface area (Å²) in [4.78, 5) is 10.8. The first-order chi connectivity index (χ1) is 5.77. The predicted molar refractivity (Wildman–Crippen MR) is 46.1 cm³/mol. The summed E-state index contributed by atoms with van der Waals surface area (Å²) in [5, 5.41) is -0.315. The Bertz CT molecular complexity index is 179. The molecular formula is C9H13ClO2. The number of carbonyl (C=O) groups is 1. The van der Waals surface area contributed by atoms with Crippen LogP contribution in [0.2, 0.25) is 0 Å². The molecule has 2 rings (SSSR count). The highest BCUT2D eigenvalue weighted by atomic mass is 35.5. The Kier molecular flexibility index (Phi) is 2.37. The van der Waals surface area contributed by atoms with E-state index in [-0.39, 0.29) is 11.3 Å². The van der Waals surface area contributed by atoms with E-state index < -0.39 is 0 Å². The highest BCUT2D eigenvalue weighted by molar-refractivity contribution is 6.64. The number of fused-ring (bicyclic) bond motifs is 1. The zero-order valence-electron chi connectivity index (χ0n) is 6.96.